The van der Waals surface area contributed by atoms with Crippen molar-refractivity contribution in [2.45, 2.75) is 25.4 Å². The van der Waals surface area contributed by atoms with Crippen molar-refractivity contribution in [2.75, 3.05) is 0 Å². The lowest BCUT2D eigenvalue weighted by Gasteiger charge is -2.18. The number of aromatic hydroxyl groups is 1. The molecule has 0 bridgehead atoms. The van der Waals surface area contributed by atoms with Crippen LogP contribution in [0.15, 0.2) is 48.8 Å². The van der Waals surface area contributed by atoms with Gasteiger partial charge in [0.15, 0.2) is 11.6 Å². The van der Waals surface area contributed by atoms with Crippen LogP contribution in [0.2, 0.25) is 0 Å². The fraction of sp³-hybridized carbons (Fsp3) is 0.200. The SMILES string of the molecule is C[C@@H](Cc1ccc(F)c(F)c1)c1cc(C(F)(F)F)cnc1-c1ncccc1O. The Labute approximate surface area is 157 Å². The maximum atomic E-state index is 13.5. The van der Waals surface area contributed by atoms with Crippen molar-refractivity contribution in [1.82, 2.24) is 9.97 Å². The monoisotopic (exact) mass is 394 g/mol. The molecule has 2 heterocycles. The van der Waals surface area contributed by atoms with Crippen molar-refractivity contribution in [3.05, 3.63) is 77.1 Å². The summed E-state index contributed by atoms with van der Waals surface area (Å²) in [5.41, 5.74) is -0.197. The molecule has 0 aliphatic carbocycles. The highest BCUT2D eigenvalue weighted by Gasteiger charge is 2.32. The Morgan fingerprint density at radius 2 is 1.75 bits per heavy atom. The first-order chi connectivity index (χ1) is 13.2. The number of hydrogen-bond acceptors (Lipinski definition) is 3. The third-order valence-corrected chi connectivity index (χ3v) is 4.31. The Morgan fingerprint density at radius 1 is 1.00 bits per heavy atom. The van der Waals surface area contributed by atoms with Gasteiger partial charge in [-0.15, -0.1) is 0 Å². The largest absolute Gasteiger partial charge is 0.506 e. The zero-order chi connectivity index (χ0) is 20.5. The number of halogens is 5. The van der Waals surface area contributed by atoms with Gasteiger partial charge in [-0.1, -0.05) is 13.0 Å². The van der Waals surface area contributed by atoms with E-state index in [2.05, 4.69) is 9.97 Å². The Kier molecular flexibility index (Phi) is 5.31. The highest BCUT2D eigenvalue weighted by Crippen LogP contribution is 2.37. The summed E-state index contributed by atoms with van der Waals surface area (Å²) >= 11 is 0. The maximum Gasteiger partial charge on any atom is 0.417 e. The van der Waals surface area contributed by atoms with Gasteiger partial charge in [0.2, 0.25) is 0 Å². The molecule has 1 aromatic carbocycles. The zero-order valence-corrected chi connectivity index (χ0v) is 14.6. The number of pyridine rings is 2. The third kappa shape index (κ3) is 4.11. The lowest BCUT2D eigenvalue weighted by atomic mass is 9.90. The molecule has 0 spiro atoms. The Morgan fingerprint density at radius 3 is 2.39 bits per heavy atom. The highest BCUT2D eigenvalue weighted by molar-refractivity contribution is 5.66. The van der Waals surface area contributed by atoms with E-state index in [1.807, 2.05) is 0 Å². The summed E-state index contributed by atoms with van der Waals surface area (Å²) in [5.74, 6) is -2.81. The van der Waals surface area contributed by atoms with E-state index in [4.69, 9.17) is 0 Å². The van der Waals surface area contributed by atoms with E-state index in [1.165, 1.54) is 24.4 Å². The van der Waals surface area contributed by atoms with Crippen LogP contribution in [0, 0.1) is 11.6 Å². The van der Waals surface area contributed by atoms with Gasteiger partial charge in [0.1, 0.15) is 11.4 Å². The molecule has 3 nitrogen and oxygen atoms in total. The van der Waals surface area contributed by atoms with Crippen molar-refractivity contribution < 1.29 is 27.1 Å². The van der Waals surface area contributed by atoms with Crippen LogP contribution in [0.3, 0.4) is 0 Å². The number of nitrogens with zero attached hydrogens (tertiary/aromatic N) is 2. The maximum absolute atomic E-state index is 13.5. The molecule has 3 rings (SSSR count). The average molecular weight is 394 g/mol. The van der Waals surface area contributed by atoms with E-state index in [1.54, 1.807) is 6.92 Å². The normalized spacial score (nSPS) is 12.8. The quantitative estimate of drug-likeness (QED) is 0.595. The predicted molar refractivity (Wildman–Crippen MR) is 92.6 cm³/mol. The molecule has 28 heavy (non-hydrogen) atoms. The van der Waals surface area contributed by atoms with Gasteiger partial charge in [0.05, 0.1) is 11.3 Å². The average Bonchev–Trinajstić information content (AvgIpc) is 2.64. The Hall–Kier alpha value is -3.03. The van der Waals surface area contributed by atoms with Crippen LogP contribution in [-0.2, 0) is 12.6 Å². The summed E-state index contributed by atoms with van der Waals surface area (Å²) < 4.78 is 66.1. The van der Waals surface area contributed by atoms with E-state index >= 15 is 0 Å². The fourth-order valence-electron chi connectivity index (χ4n) is 2.92. The van der Waals surface area contributed by atoms with Crippen LogP contribution in [0.5, 0.6) is 5.75 Å². The molecular weight excluding hydrogens is 379 g/mol. The number of benzene rings is 1. The zero-order valence-electron chi connectivity index (χ0n) is 14.6. The minimum atomic E-state index is -4.60. The number of rotatable bonds is 4. The number of hydrogen-bond donors (Lipinski definition) is 1. The van der Waals surface area contributed by atoms with Gasteiger partial charge in [0.25, 0.3) is 0 Å². The summed E-state index contributed by atoms with van der Waals surface area (Å²) in [7, 11) is 0. The molecule has 0 saturated heterocycles. The molecular formula is C20H15F5N2O. The minimum absolute atomic E-state index is 0.0448. The van der Waals surface area contributed by atoms with E-state index in [-0.39, 0.29) is 29.1 Å². The molecule has 0 unspecified atom stereocenters. The van der Waals surface area contributed by atoms with Gasteiger partial charge in [-0.25, -0.2) is 8.78 Å². The van der Waals surface area contributed by atoms with Crippen LogP contribution in [-0.4, -0.2) is 15.1 Å². The predicted octanol–water partition coefficient (Wildman–Crippen LogP) is 5.49. The Balaban J connectivity index is 2.07. The van der Waals surface area contributed by atoms with Crippen molar-refractivity contribution in [1.29, 1.82) is 0 Å². The van der Waals surface area contributed by atoms with Crippen molar-refractivity contribution in [3.63, 3.8) is 0 Å². The molecule has 1 atom stereocenters. The molecule has 0 fully saturated rings. The standard InChI is InChI=1S/C20H15F5N2O/c1-11(7-12-4-5-15(21)16(22)8-12)14-9-13(20(23,24)25)10-27-18(14)19-17(28)3-2-6-26-19/h2-6,8-11,28H,7H2,1H3/t11-/m0/s1. The van der Waals surface area contributed by atoms with Crippen LogP contribution >= 0.6 is 0 Å². The molecule has 1 N–H and O–H groups in total. The van der Waals surface area contributed by atoms with Gasteiger partial charge < -0.3 is 5.11 Å². The van der Waals surface area contributed by atoms with E-state index in [9.17, 15) is 27.1 Å². The molecule has 146 valence electrons. The van der Waals surface area contributed by atoms with E-state index in [0.717, 1.165) is 18.2 Å². The fourth-order valence-corrected chi connectivity index (χ4v) is 2.92. The van der Waals surface area contributed by atoms with Crippen molar-refractivity contribution in [3.8, 4) is 17.1 Å². The molecule has 0 amide bonds. The van der Waals surface area contributed by atoms with Gasteiger partial charge in [-0.2, -0.15) is 13.2 Å². The molecule has 0 aliphatic rings. The molecule has 0 aliphatic heterocycles. The van der Waals surface area contributed by atoms with Crippen molar-refractivity contribution in [2.24, 2.45) is 0 Å². The summed E-state index contributed by atoms with van der Waals surface area (Å²) in [4.78, 5) is 7.91. The lowest BCUT2D eigenvalue weighted by Crippen LogP contribution is -2.10. The summed E-state index contributed by atoms with van der Waals surface area (Å²) in [6.45, 7) is 1.64. The van der Waals surface area contributed by atoms with Crippen LogP contribution in [0.4, 0.5) is 22.0 Å². The summed E-state index contributed by atoms with van der Waals surface area (Å²) in [6, 6.07) is 7.12. The van der Waals surface area contributed by atoms with Crippen LogP contribution < -0.4 is 0 Å². The second-order valence-electron chi connectivity index (χ2n) is 6.38. The molecule has 3 aromatic rings. The van der Waals surface area contributed by atoms with E-state index < -0.39 is 29.3 Å². The second-order valence-corrected chi connectivity index (χ2v) is 6.38. The topological polar surface area (TPSA) is 46.0 Å². The first kappa shape index (κ1) is 19.7. The molecule has 0 radical (unpaired) electrons. The number of aromatic nitrogens is 2. The van der Waals surface area contributed by atoms with Crippen LogP contribution in [0.25, 0.3) is 11.4 Å². The second kappa shape index (κ2) is 7.53. The van der Waals surface area contributed by atoms with Gasteiger partial charge in [-0.05, 0) is 53.8 Å². The van der Waals surface area contributed by atoms with Gasteiger partial charge in [0, 0.05) is 12.4 Å². The smallest absolute Gasteiger partial charge is 0.417 e. The summed E-state index contributed by atoms with van der Waals surface area (Å²) in [6.07, 6.45) is -2.40. The first-order valence-corrected chi connectivity index (χ1v) is 8.32. The van der Waals surface area contributed by atoms with Crippen LogP contribution in [0.1, 0.15) is 29.5 Å². The molecule has 2 aromatic heterocycles. The highest BCUT2D eigenvalue weighted by atomic mass is 19.4. The Bertz CT molecular complexity index is 1000. The third-order valence-electron chi connectivity index (χ3n) is 4.31. The lowest BCUT2D eigenvalue weighted by molar-refractivity contribution is -0.137. The minimum Gasteiger partial charge on any atom is -0.506 e. The molecule has 8 heteroatoms. The van der Waals surface area contributed by atoms with Gasteiger partial charge in [-0.3, -0.25) is 9.97 Å². The van der Waals surface area contributed by atoms with E-state index in [0.29, 0.717) is 11.8 Å². The van der Waals surface area contributed by atoms with Crippen molar-refractivity contribution >= 4 is 0 Å². The summed E-state index contributed by atoms with van der Waals surface area (Å²) in [5, 5.41) is 10.0. The van der Waals surface area contributed by atoms with Gasteiger partial charge >= 0.3 is 6.18 Å². The first-order valence-electron chi connectivity index (χ1n) is 8.32. The molecule has 0 saturated carbocycles. The number of alkyl halides is 3.